The highest BCUT2D eigenvalue weighted by atomic mass is 16.5. The highest BCUT2D eigenvalue weighted by molar-refractivity contribution is 5.78. The molecule has 1 saturated carbocycles. The number of guanidine groups is 1. The smallest absolute Gasteiger partial charge is 0.191 e. The summed E-state index contributed by atoms with van der Waals surface area (Å²) in [5, 5.41) is 0. The first-order valence-electron chi connectivity index (χ1n) is 7.44. The van der Waals surface area contributed by atoms with E-state index in [-0.39, 0.29) is 0 Å². The Balaban J connectivity index is 1.55. The summed E-state index contributed by atoms with van der Waals surface area (Å²) in [5.74, 6) is 2.26. The molecule has 3 fully saturated rings. The number of nitrogens with two attached hydrogens (primary N) is 1. The third kappa shape index (κ3) is 2.35. The molecule has 2 saturated heterocycles. The quantitative estimate of drug-likeness (QED) is 0.569. The van der Waals surface area contributed by atoms with Gasteiger partial charge in [-0.15, -0.1) is 0 Å². The predicted molar refractivity (Wildman–Crippen MR) is 72.5 cm³/mol. The number of hydrogen-bond acceptors (Lipinski definition) is 2. The maximum Gasteiger partial charge on any atom is 0.191 e. The first-order chi connectivity index (χ1) is 8.74. The number of ether oxygens (including phenoxy) is 1. The second-order valence-electron chi connectivity index (χ2n) is 6.18. The number of aliphatic imine (C=N–C) groups is 1. The average molecular weight is 251 g/mol. The standard InChI is InChI=1S/C14H25N3O/c1-10-4-6-17(7-5-10)14(15)16-12-9-13-11(12)3-2-8-18-13/h10-13H,2-9H2,1H3,(H2,15,16). The molecule has 3 atom stereocenters. The van der Waals surface area contributed by atoms with Gasteiger partial charge in [-0.3, -0.25) is 0 Å². The van der Waals surface area contributed by atoms with E-state index in [0.29, 0.717) is 18.1 Å². The topological polar surface area (TPSA) is 50.8 Å². The molecule has 2 N–H and O–H groups in total. The molecule has 4 heteroatoms. The fraction of sp³-hybridized carbons (Fsp3) is 0.929. The van der Waals surface area contributed by atoms with Crippen LogP contribution >= 0.6 is 0 Å². The number of nitrogens with zero attached hydrogens (tertiary/aromatic N) is 2. The summed E-state index contributed by atoms with van der Waals surface area (Å²) in [5.41, 5.74) is 6.16. The molecule has 4 nitrogen and oxygen atoms in total. The Labute approximate surface area is 110 Å². The van der Waals surface area contributed by atoms with Crippen LogP contribution in [0.4, 0.5) is 0 Å². The van der Waals surface area contributed by atoms with Crippen molar-refractivity contribution in [3.63, 3.8) is 0 Å². The van der Waals surface area contributed by atoms with Crippen molar-refractivity contribution in [3.8, 4) is 0 Å². The number of likely N-dealkylation sites (tertiary alicyclic amines) is 1. The summed E-state index contributed by atoms with van der Waals surface area (Å²) < 4.78 is 5.72. The van der Waals surface area contributed by atoms with Gasteiger partial charge in [0.15, 0.2) is 5.96 Å². The van der Waals surface area contributed by atoms with Crippen LogP contribution in [0, 0.1) is 11.8 Å². The normalized spacial score (nSPS) is 38.2. The van der Waals surface area contributed by atoms with Crippen LogP contribution in [0.3, 0.4) is 0 Å². The van der Waals surface area contributed by atoms with Crippen LogP contribution in [0.5, 0.6) is 0 Å². The fourth-order valence-electron chi connectivity index (χ4n) is 3.40. The second-order valence-corrected chi connectivity index (χ2v) is 6.18. The summed E-state index contributed by atoms with van der Waals surface area (Å²) in [4.78, 5) is 7.02. The Kier molecular flexibility index (Phi) is 3.46. The largest absolute Gasteiger partial charge is 0.378 e. The molecule has 3 rings (SSSR count). The van der Waals surface area contributed by atoms with E-state index in [4.69, 9.17) is 15.5 Å². The lowest BCUT2D eigenvalue weighted by molar-refractivity contribution is -0.0940. The molecule has 3 aliphatic rings. The second kappa shape index (κ2) is 5.08. The van der Waals surface area contributed by atoms with Gasteiger partial charge in [-0.1, -0.05) is 6.92 Å². The van der Waals surface area contributed by atoms with Gasteiger partial charge in [-0.05, 0) is 38.0 Å². The number of hydrogen-bond donors (Lipinski definition) is 1. The van der Waals surface area contributed by atoms with E-state index < -0.39 is 0 Å². The Morgan fingerprint density at radius 2 is 2.06 bits per heavy atom. The minimum Gasteiger partial charge on any atom is -0.378 e. The summed E-state index contributed by atoms with van der Waals surface area (Å²) in [6, 6.07) is 0.426. The van der Waals surface area contributed by atoms with Gasteiger partial charge in [0.1, 0.15) is 0 Å². The number of fused-ring (bicyclic) bond motifs is 1. The van der Waals surface area contributed by atoms with E-state index in [1.54, 1.807) is 0 Å². The molecule has 0 aromatic carbocycles. The summed E-state index contributed by atoms with van der Waals surface area (Å²) >= 11 is 0. The molecule has 0 radical (unpaired) electrons. The van der Waals surface area contributed by atoms with Crippen molar-refractivity contribution in [1.29, 1.82) is 0 Å². The number of piperidine rings is 1. The Hall–Kier alpha value is -0.770. The van der Waals surface area contributed by atoms with E-state index in [9.17, 15) is 0 Å². The van der Waals surface area contributed by atoms with Crippen LogP contribution in [0.1, 0.15) is 39.0 Å². The van der Waals surface area contributed by atoms with Crippen molar-refractivity contribution in [2.75, 3.05) is 19.7 Å². The molecule has 0 bridgehead atoms. The third-order valence-corrected chi connectivity index (χ3v) is 4.87. The molecule has 2 heterocycles. The lowest BCUT2D eigenvalue weighted by atomic mass is 9.73. The van der Waals surface area contributed by atoms with Crippen molar-refractivity contribution < 1.29 is 4.74 Å². The molecule has 0 amide bonds. The molecule has 18 heavy (non-hydrogen) atoms. The third-order valence-electron chi connectivity index (χ3n) is 4.87. The van der Waals surface area contributed by atoms with Gasteiger partial charge >= 0.3 is 0 Å². The van der Waals surface area contributed by atoms with E-state index in [1.165, 1.54) is 25.7 Å². The van der Waals surface area contributed by atoms with Crippen LogP contribution in [0.15, 0.2) is 4.99 Å². The van der Waals surface area contributed by atoms with Crippen molar-refractivity contribution in [1.82, 2.24) is 4.90 Å². The first kappa shape index (κ1) is 12.3. The predicted octanol–water partition coefficient (Wildman–Crippen LogP) is 1.60. The maximum atomic E-state index is 6.16. The van der Waals surface area contributed by atoms with E-state index in [1.807, 2.05) is 0 Å². The molecule has 102 valence electrons. The van der Waals surface area contributed by atoms with Crippen molar-refractivity contribution in [2.24, 2.45) is 22.6 Å². The Morgan fingerprint density at radius 3 is 2.78 bits per heavy atom. The van der Waals surface area contributed by atoms with Crippen LogP contribution in [0.2, 0.25) is 0 Å². The van der Waals surface area contributed by atoms with Gasteiger partial charge < -0.3 is 15.4 Å². The molecule has 0 aromatic rings. The molecule has 1 aliphatic carbocycles. The highest BCUT2D eigenvalue weighted by Gasteiger charge is 2.43. The monoisotopic (exact) mass is 251 g/mol. The van der Waals surface area contributed by atoms with E-state index in [0.717, 1.165) is 38.0 Å². The van der Waals surface area contributed by atoms with Gasteiger partial charge in [0.05, 0.1) is 12.1 Å². The van der Waals surface area contributed by atoms with Gasteiger partial charge in [0, 0.05) is 25.6 Å². The van der Waals surface area contributed by atoms with Crippen LogP contribution in [-0.4, -0.2) is 42.7 Å². The van der Waals surface area contributed by atoms with Gasteiger partial charge in [-0.25, -0.2) is 4.99 Å². The maximum absolute atomic E-state index is 6.16. The van der Waals surface area contributed by atoms with E-state index in [2.05, 4.69) is 11.8 Å². The first-order valence-corrected chi connectivity index (χ1v) is 7.44. The summed E-state index contributed by atoms with van der Waals surface area (Å²) in [7, 11) is 0. The SMILES string of the molecule is CC1CCN(C(N)=NC2CC3OCCCC23)CC1. The Bertz CT molecular complexity index is 323. The fourth-order valence-corrected chi connectivity index (χ4v) is 3.40. The molecule has 3 unspecified atom stereocenters. The van der Waals surface area contributed by atoms with Crippen LogP contribution in [0.25, 0.3) is 0 Å². The van der Waals surface area contributed by atoms with Crippen molar-refractivity contribution >= 4 is 5.96 Å². The summed E-state index contributed by atoms with van der Waals surface area (Å²) in [6.07, 6.45) is 6.50. The lowest BCUT2D eigenvalue weighted by Crippen LogP contribution is -2.51. The number of rotatable bonds is 1. The Morgan fingerprint density at radius 1 is 1.28 bits per heavy atom. The molecule has 0 spiro atoms. The van der Waals surface area contributed by atoms with Gasteiger partial charge in [0.25, 0.3) is 0 Å². The molecular weight excluding hydrogens is 226 g/mol. The minimum absolute atomic E-state index is 0.426. The molecule has 0 aromatic heterocycles. The lowest BCUT2D eigenvalue weighted by Gasteiger charge is -2.45. The molecular formula is C14H25N3O. The average Bonchev–Trinajstić information content (AvgIpc) is 2.36. The zero-order chi connectivity index (χ0) is 12.5. The van der Waals surface area contributed by atoms with Gasteiger partial charge in [-0.2, -0.15) is 0 Å². The minimum atomic E-state index is 0.426. The van der Waals surface area contributed by atoms with Crippen LogP contribution in [-0.2, 0) is 4.74 Å². The molecule has 2 aliphatic heterocycles. The highest BCUT2D eigenvalue weighted by Crippen LogP contribution is 2.39. The van der Waals surface area contributed by atoms with Gasteiger partial charge in [0.2, 0.25) is 0 Å². The zero-order valence-corrected chi connectivity index (χ0v) is 11.3. The zero-order valence-electron chi connectivity index (χ0n) is 11.3. The van der Waals surface area contributed by atoms with Crippen molar-refractivity contribution in [2.45, 2.75) is 51.2 Å². The van der Waals surface area contributed by atoms with E-state index >= 15 is 0 Å². The van der Waals surface area contributed by atoms with Crippen molar-refractivity contribution in [3.05, 3.63) is 0 Å². The van der Waals surface area contributed by atoms with Crippen LogP contribution < -0.4 is 5.73 Å². The summed E-state index contributed by atoms with van der Waals surface area (Å²) in [6.45, 7) is 5.42.